The third kappa shape index (κ3) is 13.1. The van der Waals surface area contributed by atoms with E-state index in [0.717, 1.165) is 23.6 Å². The van der Waals surface area contributed by atoms with Crippen LogP contribution in [0.15, 0.2) is 35.2 Å². The van der Waals surface area contributed by atoms with E-state index in [2.05, 4.69) is 19.9 Å². The molecule has 0 bridgehead atoms. The van der Waals surface area contributed by atoms with E-state index in [4.69, 9.17) is 0 Å². The number of unbranched alkanes of at least 4 members (excludes halogenated alkanes) is 18. The van der Waals surface area contributed by atoms with Gasteiger partial charge in [-0.05, 0) is 59.7 Å². The fourth-order valence-corrected chi connectivity index (χ4v) is 6.22. The van der Waals surface area contributed by atoms with Crippen LogP contribution in [0.5, 0.6) is 0 Å². The Labute approximate surface area is 235 Å². The van der Waals surface area contributed by atoms with Gasteiger partial charge in [-0.2, -0.15) is 8.42 Å². The maximum atomic E-state index is 11.7. The quantitative estimate of drug-likeness (QED) is 0.112. The summed E-state index contributed by atoms with van der Waals surface area (Å²) >= 11 is 0. The van der Waals surface area contributed by atoms with Gasteiger partial charge in [-0.3, -0.25) is 4.55 Å². The molecule has 2 rings (SSSR count). The van der Waals surface area contributed by atoms with Crippen molar-refractivity contribution < 1.29 is 13.0 Å². The molecule has 2 aromatic rings. The number of rotatable bonds is 23. The highest BCUT2D eigenvalue weighted by Gasteiger charge is 2.13. The summed E-state index contributed by atoms with van der Waals surface area (Å²) in [5, 5.41) is 2.06. The van der Waals surface area contributed by atoms with Gasteiger partial charge in [0.05, 0.1) is 4.90 Å². The van der Waals surface area contributed by atoms with E-state index in [0.29, 0.717) is 0 Å². The van der Waals surface area contributed by atoms with Crippen LogP contribution in [0.1, 0.15) is 153 Å². The zero-order valence-corrected chi connectivity index (χ0v) is 25.4. The van der Waals surface area contributed by atoms with Crippen molar-refractivity contribution in [3.8, 4) is 0 Å². The summed E-state index contributed by atoms with van der Waals surface area (Å²) in [6.07, 6.45) is 28.9. The average Bonchev–Trinajstić information content (AvgIpc) is 2.90. The first kappa shape index (κ1) is 32.8. The zero-order valence-electron chi connectivity index (χ0n) is 24.6. The normalized spacial score (nSPS) is 12.0. The summed E-state index contributed by atoms with van der Waals surface area (Å²) in [5.41, 5.74) is 2.81. The van der Waals surface area contributed by atoms with Gasteiger partial charge in [0, 0.05) is 0 Å². The Kier molecular flexibility index (Phi) is 17.0. The summed E-state index contributed by atoms with van der Waals surface area (Å²) in [7, 11) is -4.19. The van der Waals surface area contributed by atoms with Crippen LogP contribution in [0.2, 0.25) is 0 Å². The predicted molar refractivity (Wildman–Crippen MR) is 165 cm³/mol. The lowest BCUT2D eigenvalue weighted by Gasteiger charge is -2.14. The lowest BCUT2D eigenvalue weighted by molar-refractivity contribution is 0.483. The first-order valence-corrected chi connectivity index (χ1v) is 17.4. The number of aryl methyl sites for hydroxylation is 2. The summed E-state index contributed by atoms with van der Waals surface area (Å²) in [6.45, 7) is 4.54. The van der Waals surface area contributed by atoms with E-state index >= 15 is 0 Å². The topological polar surface area (TPSA) is 54.4 Å². The lowest BCUT2D eigenvalue weighted by atomic mass is 9.91. The maximum Gasteiger partial charge on any atom is 0.294 e. The molecule has 0 aliphatic rings. The molecule has 0 aromatic heterocycles. The Bertz CT molecular complexity index is 996. The Morgan fingerprint density at radius 2 is 1.00 bits per heavy atom. The van der Waals surface area contributed by atoms with Crippen molar-refractivity contribution in [2.75, 3.05) is 0 Å². The molecule has 0 spiro atoms. The van der Waals surface area contributed by atoms with Crippen LogP contribution < -0.4 is 0 Å². The van der Waals surface area contributed by atoms with Gasteiger partial charge in [0.1, 0.15) is 0 Å². The van der Waals surface area contributed by atoms with Crippen molar-refractivity contribution in [1.29, 1.82) is 0 Å². The smallest absolute Gasteiger partial charge is 0.282 e. The van der Waals surface area contributed by atoms with Crippen molar-refractivity contribution in [2.24, 2.45) is 0 Å². The van der Waals surface area contributed by atoms with Crippen molar-refractivity contribution >= 4 is 20.9 Å². The van der Waals surface area contributed by atoms with Crippen LogP contribution >= 0.6 is 0 Å². The molecule has 0 aliphatic heterocycles. The molecule has 0 fully saturated rings. The second-order valence-corrected chi connectivity index (χ2v) is 12.8. The third-order valence-corrected chi connectivity index (χ3v) is 8.93. The van der Waals surface area contributed by atoms with E-state index in [1.54, 1.807) is 12.1 Å². The van der Waals surface area contributed by atoms with E-state index in [1.807, 2.05) is 12.1 Å². The van der Waals surface area contributed by atoms with Gasteiger partial charge in [0.15, 0.2) is 0 Å². The molecule has 0 radical (unpaired) electrons. The highest BCUT2D eigenvalue weighted by Crippen LogP contribution is 2.28. The minimum absolute atomic E-state index is 0.0164. The first-order chi connectivity index (χ1) is 18.5. The SMILES string of the molecule is CCCCCCCCCCCCc1ccc2cc(S(=O)(=O)O)ccc2c1CCCCCCCCCCCC. The van der Waals surface area contributed by atoms with Crippen LogP contribution in [0.25, 0.3) is 10.8 Å². The minimum Gasteiger partial charge on any atom is -0.282 e. The Morgan fingerprint density at radius 1 is 0.553 bits per heavy atom. The second-order valence-electron chi connectivity index (χ2n) is 11.4. The number of hydrogen-bond donors (Lipinski definition) is 1. The van der Waals surface area contributed by atoms with Crippen LogP contribution in [-0.4, -0.2) is 13.0 Å². The van der Waals surface area contributed by atoms with Crippen LogP contribution in [0, 0.1) is 0 Å². The minimum atomic E-state index is -4.19. The molecule has 0 atom stereocenters. The second kappa shape index (κ2) is 19.6. The fourth-order valence-electron chi connectivity index (χ4n) is 5.70. The van der Waals surface area contributed by atoms with E-state index < -0.39 is 10.1 Å². The van der Waals surface area contributed by atoms with Crippen molar-refractivity contribution in [2.45, 2.75) is 160 Å². The molecular weight excluding hydrogens is 488 g/mol. The molecule has 3 nitrogen and oxygen atoms in total. The summed E-state index contributed by atoms with van der Waals surface area (Å²) < 4.78 is 32.8. The van der Waals surface area contributed by atoms with E-state index in [-0.39, 0.29) is 4.90 Å². The molecule has 216 valence electrons. The predicted octanol–water partition coefficient (Wildman–Crippen LogP) is 11.0. The molecule has 1 N–H and O–H groups in total. The fraction of sp³-hybridized carbons (Fsp3) is 0.706. The van der Waals surface area contributed by atoms with Gasteiger partial charge >= 0.3 is 0 Å². The Balaban J connectivity index is 1.88. The number of benzene rings is 2. The number of hydrogen-bond acceptors (Lipinski definition) is 2. The van der Waals surface area contributed by atoms with E-state index in [1.165, 1.54) is 140 Å². The Morgan fingerprint density at radius 3 is 1.47 bits per heavy atom. The zero-order chi connectivity index (χ0) is 27.5. The maximum absolute atomic E-state index is 11.7. The largest absolute Gasteiger partial charge is 0.294 e. The van der Waals surface area contributed by atoms with Crippen LogP contribution in [-0.2, 0) is 23.0 Å². The highest BCUT2D eigenvalue weighted by molar-refractivity contribution is 7.85. The third-order valence-electron chi connectivity index (χ3n) is 8.08. The first-order valence-electron chi connectivity index (χ1n) is 16.0. The van der Waals surface area contributed by atoms with Crippen molar-refractivity contribution in [3.63, 3.8) is 0 Å². The standard InChI is InChI=1S/C34H56O3S/c1-3-5-7-9-11-13-15-17-19-21-23-30-25-26-31-29-32(38(35,36)37)27-28-34(31)33(30)24-22-20-18-16-14-12-10-8-6-4-2/h25-29H,3-24H2,1-2H3,(H,35,36,37). The molecule has 2 aromatic carbocycles. The summed E-state index contributed by atoms with van der Waals surface area (Å²) in [4.78, 5) is -0.0164. The van der Waals surface area contributed by atoms with Crippen molar-refractivity contribution in [1.82, 2.24) is 0 Å². The highest BCUT2D eigenvalue weighted by atomic mass is 32.2. The van der Waals surface area contributed by atoms with Gasteiger partial charge in [-0.25, -0.2) is 0 Å². The van der Waals surface area contributed by atoms with E-state index in [9.17, 15) is 13.0 Å². The molecule has 0 aliphatic carbocycles. The lowest BCUT2D eigenvalue weighted by Crippen LogP contribution is -2.00. The molecule has 0 saturated carbocycles. The van der Waals surface area contributed by atoms with Gasteiger partial charge in [0.25, 0.3) is 10.1 Å². The van der Waals surface area contributed by atoms with Gasteiger partial charge in [0.2, 0.25) is 0 Å². The molecule has 4 heteroatoms. The molecule has 0 heterocycles. The number of fused-ring (bicyclic) bond motifs is 1. The monoisotopic (exact) mass is 544 g/mol. The van der Waals surface area contributed by atoms with Gasteiger partial charge < -0.3 is 0 Å². The molecular formula is C34H56O3S. The molecule has 0 amide bonds. The molecule has 0 unspecified atom stereocenters. The molecule has 0 saturated heterocycles. The summed E-state index contributed by atoms with van der Waals surface area (Å²) in [6, 6.07) is 9.33. The van der Waals surface area contributed by atoms with Crippen molar-refractivity contribution in [3.05, 3.63) is 41.5 Å². The summed E-state index contributed by atoms with van der Waals surface area (Å²) in [5.74, 6) is 0. The Hall–Kier alpha value is -1.39. The average molecular weight is 545 g/mol. The van der Waals surface area contributed by atoms with Gasteiger partial charge in [-0.15, -0.1) is 0 Å². The van der Waals surface area contributed by atoms with Crippen LogP contribution in [0.3, 0.4) is 0 Å². The van der Waals surface area contributed by atoms with Crippen LogP contribution in [0.4, 0.5) is 0 Å². The van der Waals surface area contributed by atoms with Gasteiger partial charge in [-0.1, -0.05) is 148 Å². The molecule has 38 heavy (non-hydrogen) atoms.